The van der Waals surface area contributed by atoms with E-state index >= 15 is 0 Å². The molecule has 2 rings (SSSR count). The van der Waals surface area contributed by atoms with Gasteiger partial charge in [-0.05, 0) is 31.9 Å². The van der Waals surface area contributed by atoms with Crippen LogP contribution in [0.1, 0.15) is 38.3 Å². The van der Waals surface area contributed by atoms with Crippen LogP contribution in [0.25, 0.3) is 0 Å². The van der Waals surface area contributed by atoms with Gasteiger partial charge in [-0.3, -0.25) is 9.59 Å². The third kappa shape index (κ3) is 10.3. The third-order valence-electron chi connectivity index (χ3n) is 4.70. The molecule has 0 aliphatic rings. The topological polar surface area (TPSA) is 120 Å². The fourth-order valence-electron chi connectivity index (χ4n) is 3.12. The molecule has 0 bridgehead atoms. The number of methoxy groups -OCH3 is 1. The van der Waals surface area contributed by atoms with Crippen molar-refractivity contribution in [3.05, 3.63) is 71.8 Å². The van der Waals surface area contributed by atoms with Crippen molar-refractivity contribution in [2.75, 3.05) is 7.11 Å². The number of rotatable bonds is 10. The number of benzene rings is 2. The summed E-state index contributed by atoms with van der Waals surface area (Å²) in [5.41, 5.74) is 0.800. The van der Waals surface area contributed by atoms with E-state index in [0.29, 0.717) is 0 Å². The number of hydrogen-bond acceptors (Lipinski definition) is 7. The van der Waals surface area contributed by atoms with Crippen LogP contribution in [0, 0.1) is 0 Å². The summed E-state index contributed by atoms with van der Waals surface area (Å²) in [7, 11) is 1.15. The maximum atomic E-state index is 13.1. The Hall–Kier alpha value is -3.88. The lowest BCUT2D eigenvalue weighted by Gasteiger charge is -2.24. The first-order valence-corrected chi connectivity index (χ1v) is 11.2. The van der Waals surface area contributed by atoms with Crippen LogP contribution in [-0.2, 0) is 41.6 Å². The van der Waals surface area contributed by atoms with Gasteiger partial charge >= 0.3 is 18.0 Å². The molecule has 9 heteroatoms. The third-order valence-corrected chi connectivity index (χ3v) is 4.70. The molecule has 35 heavy (non-hydrogen) atoms. The lowest BCUT2D eigenvalue weighted by Crippen LogP contribution is -2.53. The van der Waals surface area contributed by atoms with Crippen LogP contribution in [-0.4, -0.2) is 48.7 Å². The zero-order valence-electron chi connectivity index (χ0n) is 20.4. The molecular formula is C26H32N2O7. The molecule has 2 amide bonds. The summed E-state index contributed by atoms with van der Waals surface area (Å²) in [5.74, 6) is -2.16. The molecule has 0 aromatic heterocycles. The predicted molar refractivity (Wildman–Crippen MR) is 128 cm³/mol. The highest BCUT2D eigenvalue weighted by Crippen LogP contribution is 2.11. The second-order valence-corrected chi connectivity index (χ2v) is 8.82. The van der Waals surface area contributed by atoms with Gasteiger partial charge in [-0.15, -0.1) is 0 Å². The zero-order chi connectivity index (χ0) is 25.8. The summed E-state index contributed by atoms with van der Waals surface area (Å²) < 4.78 is 15.2. The number of esters is 2. The van der Waals surface area contributed by atoms with Crippen molar-refractivity contribution < 1.29 is 33.4 Å². The highest BCUT2D eigenvalue weighted by molar-refractivity contribution is 5.91. The molecule has 2 aromatic carbocycles. The Balaban J connectivity index is 2.11. The smallest absolute Gasteiger partial charge is 0.408 e. The average Bonchev–Trinajstić information content (AvgIpc) is 2.81. The Morgan fingerprint density at radius 3 is 1.94 bits per heavy atom. The van der Waals surface area contributed by atoms with E-state index in [2.05, 4.69) is 10.6 Å². The van der Waals surface area contributed by atoms with Gasteiger partial charge in [0.25, 0.3) is 0 Å². The summed E-state index contributed by atoms with van der Waals surface area (Å²) in [6.45, 7) is 5.10. The van der Waals surface area contributed by atoms with Crippen LogP contribution in [0.2, 0.25) is 0 Å². The van der Waals surface area contributed by atoms with E-state index in [0.717, 1.165) is 18.2 Å². The molecule has 0 radical (unpaired) electrons. The Labute approximate surface area is 205 Å². The van der Waals surface area contributed by atoms with Crippen molar-refractivity contribution in [1.29, 1.82) is 0 Å². The standard InChI is InChI=1S/C26H32N2O7/c1-26(2,3)35-22(29)16-21(24(31)33-4)27-23(30)20(15-18-11-7-5-8-12-18)28-25(32)34-17-19-13-9-6-10-14-19/h5-14,20-21H,15-17H2,1-4H3,(H,27,30)(H,28,32)/t20-,21-/m0/s1. The van der Waals surface area contributed by atoms with E-state index in [1.165, 1.54) is 0 Å². The summed E-state index contributed by atoms with van der Waals surface area (Å²) in [4.78, 5) is 50.1. The number of carbonyl (C=O) groups is 4. The summed E-state index contributed by atoms with van der Waals surface area (Å²) >= 11 is 0. The van der Waals surface area contributed by atoms with Crippen LogP contribution in [0.5, 0.6) is 0 Å². The molecule has 0 aliphatic carbocycles. The molecule has 0 spiro atoms. The summed E-state index contributed by atoms with van der Waals surface area (Å²) in [5, 5.41) is 5.05. The highest BCUT2D eigenvalue weighted by atomic mass is 16.6. The number of alkyl carbamates (subject to hydrolysis) is 1. The van der Waals surface area contributed by atoms with E-state index < -0.39 is 48.0 Å². The number of hydrogen-bond donors (Lipinski definition) is 2. The number of ether oxygens (including phenoxy) is 3. The molecule has 0 heterocycles. The molecule has 0 fully saturated rings. The molecular weight excluding hydrogens is 452 g/mol. The first-order chi connectivity index (χ1) is 16.6. The van der Waals surface area contributed by atoms with E-state index in [4.69, 9.17) is 14.2 Å². The molecule has 188 valence electrons. The van der Waals surface area contributed by atoms with Gasteiger partial charge in [0.2, 0.25) is 5.91 Å². The van der Waals surface area contributed by atoms with Crippen LogP contribution in [0.3, 0.4) is 0 Å². The first-order valence-electron chi connectivity index (χ1n) is 11.2. The van der Waals surface area contributed by atoms with Crippen LogP contribution in [0.4, 0.5) is 4.79 Å². The molecule has 2 aromatic rings. The maximum Gasteiger partial charge on any atom is 0.408 e. The molecule has 0 saturated heterocycles. The minimum absolute atomic E-state index is 0.0236. The minimum atomic E-state index is -1.29. The van der Waals surface area contributed by atoms with E-state index in [1.54, 1.807) is 57.2 Å². The van der Waals surface area contributed by atoms with Gasteiger partial charge in [-0.25, -0.2) is 9.59 Å². The van der Waals surface area contributed by atoms with Gasteiger partial charge < -0.3 is 24.8 Å². The Bertz CT molecular complexity index is 988. The summed E-state index contributed by atoms with van der Waals surface area (Å²) in [6.07, 6.45) is -1.09. The van der Waals surface area contributed by atoms with Gasteiger partial charge in [0.1, 0.15) is 24.3 Å². The molecule has 0 aliphatic heterocycles. The number of nitrogens with one attached hydrogen (secondary N) is 2. The van der Waals surface area contributed by atoms with Gasteiger partial charge in [-0.2, -0.15) is 0 Å². The Morgan fingerprint density at radius 1 is 0.829 bits per heavy atom. The fourth-order valence-corrected chi connectivity index (χ4v) is 3.12. The SMILES string of the molecule is COC(=O)[C@H](CC(=O)OC(C)(C)C)NC(=O)[C@H](Cc1ccccc1)NC(=O)OCc1ccccc1. The van der Waals surface area contributed by atoms with Crippen LogP contribution >= 0.6 is 0 Å². The predicted octanol–water partition coefficient (Wildman–Crippen LogP) is 2.91. The van der Waals surface area contributed by atoms with E-state index in [1.807, 2.05) is 24.3 Å². The van der Waals surface area contributed by atoms with Crippen molar-refractivity contribution >= 4 is 23.9 Å². The van der Waals surface area contributed by atoms with Gasteiger partial charge in [-0.1, -0.05) is 60.7 Å². The highest BCUT2D eigenvalue weighted by Gasteiger charge is 2.31. The number of carbonyl (C=O) groups excluding carboxylic acids is 4. The lowest BCUT2D eigenvalue weighted by atomic mass is 10.0. The first kappa shape index (κ1) is 27.4. The Morgan fingerprint density at radius 2 is 1.40 bits per heavy atom. The second-order valence-electron chi connectivity index (χ2n) is 8.82. The number of amides is 2. The van der Waals surface area contributed by atoms with Crippen molar-refractivity contribution in [3.63, 3.8) is 0 Å². The maximum absolute atomic E-state index is 13.1. The van der Waals surface area contributed by atoms with Gasteiger partial charge in [0.15, 0.2) is 0 Å². The molecule has 9 nitrogen and oxygen atoms in total. The quantitative estimate of drug-likeness (QED) is 0.393. The van der Waals surface area contributed by atoms with Crippen molar-refractivity contribution in [1.82, 2.24) is 10.6 Å². The molecule has 0 unspecified atom stereocenters. The second kappa shape index (κ2) is 13.1. The van der Waals surface area contributed by atoms with E-state index in [9.17, 15) is 19.2 Å². The Kier molecular flexibility index (Phi) is 10.3. The van der Waals surface area contributed by atoms with E-state index in [-0.39, 0.29) is 13.0 Å². The molecule has 2 N–H and O–H groups in total. The summed E-state index contributed by atoms with van der Waals surface area (Å²) in [6, 6.07) is 15.8. The van der Waals surface area contributed by atoms with Gasteiger partial charge in [0, 0.05) is 6.42 Å². The fraction of sp³-hybridized carbons (Fsp3) is 0.385. The van der Waals surface area contributed by atoms with Crippen molar-refractivity contribution in [3.8, 4) is 0 Å². The normalized spacial score (nSPS) is 12.6. The zero-order valence-corrected chi connectivity index (χ0v) is 20.4. The van der Waals surface area contributed by atoms with Crippen LogP contribution in [0.15, 0.2) is 60.7 Å². The van der Waals surface area contributed by atoms with Crippen molar-refractivity contribution in [2.24, 2.45) is 0 Å². The molecule has 2 atom stereocenters. The largest absolute Gasteiger partial charge is 0.467 e. The van der Waals surface area contributed by atoms with Gasteiger partial charge in [0.05, 0.1) is 13.5 Å². The monoisotopic (exact) mass is 484 g/mol. The lowest BCUT2D eigenvalue weighted by molar-refractivity contribution is -0.159. The van der Waals surface area contributed by atoms with Crippen LogP contribution < -0.4 is 10.6 Å². The minimum Gasteiger partial charge on any atom is -0.467 e. The average molecular weight is 485 g/mol. The van der Waals surface area contributed by atoms with Crippen molar-refractivity contribution in [2.45, 2.75) is 57.9 Å². The molecule has 0 saturated carbocycles.